The van der Waals surface area contributed by atoms with Crippen molar-refractivity contribution in [2.45, 2.75) is 25.5 Å². The molecule has 0 spiro atoms. The Kier molecular flexibility index (Phi) is 4.87. The van der Waals surface area contributed by atoms with Gasteiger partial charge in [-0.15, -0.1) is 0 Å². The first-order valence-electron chi connectivity index (χ1n) is 7.78. The Morgan fingerprint density at radius 3 is 2.96 bits per heavy atom. The summed E-state index contributed by atoms with van der Waals surface area (Å²) in [7, 11) is 1.87. The number of nitrogens with zero attached hydrogens (tertiary/aromatic N) is 3. The minimum atomic E-state index is -0.183. The van der Waals surface area contributed by atoms with E-state index in [0.29, 0.717) is 13.1 Å². The highest BCUT2D eigenvalue weighted by molar-refractivity contribution is 5.73. The van der Waals surface area contributed by atoms with Crippen LogP contribution in [0.2, 0.25) is 0 Å². The number of pyridine rings is 1. The highest BCUT2D eigenvalue weighted by Crippen LogP contribution is 2.15. The maximum atomic E-state index is 11.8. The molecular formula is C16H21N5O2. The first kappa shape index (κ1) is 15.5. The fourth-order valence-corrected chi connectivity index (χ4v) is 2.51. The third-order valence-electron chi connectivity index (χ3n) is 3.79. The molecule has 2 amide bonds. The number of amides is 2. The highest BCUT2D eigenvalue weighted by Gasteiger charge is 2.15. The van der Waals surface area contributed by atoms with Crippen LogP contribution in [0.15, 0.2) is 30.7 Å². The summed E-state index contributed by atoms with van der Waals surface area (Å²) in [6, 6.07) is 3.70. The Bertz CT molecular complexity index is 647. The number of carbonyl (C=O) groups excluding carboxylic acids is 1. The quantitative estimate of drug-likeness (QED) is 0.875. The lowest BCUT2D eigenvalue weighted by atomic mass is 10.2. The predicted molar refractivity (Wildman–Crippen MR) is 85.7 cm³/mol. The number of ether oxygens (including phenoxy) is 1. The largest absolute Gasteiger partial charge is 0.376 e. The average Bonchev–Trinajstić information content (AvgIpc) is 3.23. The molecule has 0 radical (unpaired) electrons. The van der Waals surface area contributed by atoms with Crippen LogP contribution in [0, 0.1) is 0 Å². The summed E-state index contributed by atoms with van der Waals surface area (Å²) in [5, 5.41) is 9.78. The molecule has 2 aromatic rings. The van der Waals surface area contributed by atoms with E-state index in [0.717, 1.165) is 36.3 Å². The van der Waals surface area contributed by atoms with Crippen LogP contribution in [0.25, 0.3) is 11.3 Å². The number of carbonyl (C=O) groups is 1. The molecule has 0 saturated carbocycles. The Morgan fingerprint density at radius 1 is 1.39 bits per heavy atom. The van der Waals surface area contributed by atoms with E-state index in [4.69, 9.17) is 4.74 Å². The Hall–Kier alpha value is -2.41. The molecule has 0 bridgehead atoms. The van der Waals surface area contributed by atoms with Crippen LogP contribution < -0.4 is 10.6 Å². The number of nitrogens with one attached hydrogen (secondary N) is 2. The third-order valence-corrected chi connectivity index (χ3v) is 3.79. The zero-order valence-corrected chi connectivity index (χ0v) is 13.2. The molecule has 3 rings (SSSR count). The first-order chi connectivity index (χ1) is 11.2. The van der Waals surface area contributed by atoms with Gasteiger partial charge in [0, 0.05) is 44.7 Å². The SMILES string of the molecule is Cn1cc(-c2ccc(CNC(=O)NC[C@H]3CCCO3)cn2)cn1. The van der Waals surface area contributed by atoms with Crippen molar-refractivity contribution in [2.24, 2.45) is 7.05 Å². The molecule has 0 aromatic carbocycles. The van der Waals surface area contributed by atoms with Crippen LogP contribution in [-0.2, 0) is 18.3 Å². The van der Waals surface area contributed by atoms with Gasteiger partial charge in [0.05, 0.1) is 18.0 Å². The fraction of sp³-hybridized carbons (Fsp3) is 0.438. The van der Waals surface area contributed by atoms with Gasteiger partial charge in [0.15, 0.2) is 0 Å². The van der Waals surface area contributed by atoms with E-state index >= 15 is 0 Å². The Morgan fingerprint density at radius 2 is 2.30 bits per heavy atom. The number of rotatable bonds is 5. The Labute approximate surface area is 135 Å². The maximum absolute atomic E-state index is 11.8. The molecule has 1 saturated heterocycles. The lowest BCUT2D eigenvalue weighted by Crippen LogP contribution is -2.39. The fourth-order valence-electron chi connectivity index (χ4n) is 2.51. The van der Waals surface area contributed by atoms with Gasteiger partial charge in [0.2, 0.25) is 0 Å². The molecule has 1 aliphatic rings. The topological polar surface area (TPSA) is 81.1 Å². The third kappa shape index (κ3) is 4.29. The van der Waals surface area contributed by atoms with Crippen molar-refractivity contribution in [1.82, 2.24) is 25.4 Å². The van der Waals surface area contributed by atoms with Gasteiger partial charge < -0.3 is 15.4 Å². The normalized spacial score (nSPS) is 17.2. The van der Waals surface area contributed by atoms with Gasteiger partial charge in [0.25, 0.3) is 0 Å². The van der Waals surface area contributed by atoms with Crippen LogP contribution in [-0.4, -0.2) is 40.1 Å². The molecule has 1 fully saturated rings. The summed E-state index contributed by atoms with van der Waals surface area (Å²) >= 11 is 0. The van der Waals surface area contributed by atoms with Gasteiger partial charge in [-0.2, -0.15) is 5.10 Å². The van der Waals surface area contributed by atoms with E-state index in [1.807, 2.05) is 25.4 Å². The van der Waals surface area contributed by atoms with Gasteiger partial charge in [-0.05, 0) is 24.5 Å². The van der Waals surface area contributed by atoms with Crippen LogP contribution in [0.1, 0.15) is 18.4 Å². The molecule has 1 aliphatic heterocycles. The van der Waals surface area contributed by atoms with E-state index in [2.05, 4.69) is 20.7 Å². The zero-order chi connectivity index (χ0) is 16.1. The van der Waals surface area contributed by atoms with Crippen LogP contribution in [0.5, 0.6) is 0 Å². The van der Waals surface area contributed by atoms with Crippen LogP contribution >= 0.6 is 0 Å². The number of aryl methyl sites for hydroxylation is 1. The van der Waals surface area contributed by atoms with Crippen LogP contribution in [0.3, 0.4) is 0 Å². The molecule has 3 heterocycles. The molecule has 23 heavy (non-hydrogen) atoms. The lowest BCUT2D eigenvalue weighted by Gasteiger charge is -2.11. The van der Waals surface area contributed by atoms with Crippen LogP contribution in [0.4, 0.5) is 4.79 Å². The average molecular weight is 315 g/mol. The number of urea groups is 1. The number of aromatic nitrogens is 3. The van der Waals surface area contributed by atoms with Crippen molar-refractivity contribution in [3.05, 3.63) is 36.3 Å². The summed E-state index contributed by atoms with van der Waals surface area (Å²) in [5.74, 6) is 0. The number of hydrogen-bond donors (Lipinski definition) is 2. The maximum Gasteiger partial charge on any atom is 0.315 e. The summed E-state index contributed by atoms with van der Waals surface area (Å²) in [6.07, 6.45) is 7.70. The van der Waals surface area contributed by atoms with Gasteiger partial charge >= 0.3 is 6.03 Å². The minimum Gasteiger partial charge on any atom is -0.376 e. The van der Waals surface area contributed by atoms with Crippen molar-refractivity contribution < 1.29 is 9.53 Å². The Balaban J connectivity index is 1.45. The molecular weight excluding hydrogens is 294 g/mol. The van der Waals surface area contributed by atoms with Crippen molar-refractivity contribution in [3.8, 4) is 11.3 Å². The summed E-state index contributed by atoms with van der Waals surface area (Å²) in [5.41, 5.74) is 2.79. The van der Waals surface area contributed by atoms with Crippen molar-refractivity contribution >= 4 is 6.03 Å². The van der Waals surface area contributed by atoms with Gasteiger partial charge in [-0.25, -0.2) is 4.79 Å². The standard InChI is InChI=1S/C16H21N5O2/c1-21-11-13(9-20-21)15-5-4-12(7-17-15)8-18-16(22)19-10-14-3-2-6-23-14/h4-5,7,9,11,14H,2-3,6,8,10H2,1H3,(H2,18,19,22)/t14-/m1/s1. The van der Waals surface area contributed by atoms with Gasteiger partial charge in [-0.3, -0.25) is 9.67 Å². The second-order valence-corrected chi connectivity index (χ2v) is 5.65. The molecule has 2 N–H and O–H groups in total. The predicted octanol–water partition coefficient (Wildman–Crippen LogP) is 1.46. The molecule has 0 aliphatic carbocycles. The van der Waals surface area contributed by atoms with Crippen molar-refractivity contribution in [2.75, 3.05) is 13.2 Å². The molecule has 122 valence electrons. The highest BCUT2D eigenvalue weighted by atomic mass is 16.5. The molecule has 0 unspecified atom stereocenters. The monoisotopic (exact) mass is 315 g/mol. The summed E-state index contributed by atoms with van der Waals surface area (Å²) in [4.78, 5) is 16.2. The summed E-state index contributed by atoms with van der Waals surface area (Å²) < 4.78 is 7.20. The van der Waals surface area contributed by atoms with E-state index < -0.39 is 0 Å². The van der Waals surface area contributed by atoms with E-state index in [9.17, 15) is 4.79 Å². The molecule has 7 nitrogen and oxygen atoms in total. The number of hydrogen-bond acceptors (Lipinski definition) is 4. The van der Waals surface area contributed by atoms with E-state index in [1.165, 1.54) is 0 Å². The zero-order valence-electron chi connectivity index (χ0n) is 13.2. The smallest absolute Gasteiger partial charge is 0.315 e. The van der Waals surface area contributed by atoms with Crippen molar-refractivity contribution in [3.63, 3.8) is 0 Å². The van der Waals surface area contributed by atoms with Gasteiger partial charge in [0.1, 0.15) is 0 Å². The van der Waals surface area contributed by atoms with Crippen molar-refractivity contribution in [1.29, 1.82) is 0 Å². The molecule has 2 aromatic heterocycles. The minimum absolute atomic E-state index is 0.154. The first-order valence-corrected chi connectivity index (χ1v) is 7.78. The molecule has 1 atom stereocenters. The van der Waals surface area contributed by atoms with E-state index in [-0.39, 0.29) is 12.1 Å². The molecule has 7 heteroatoms. The second-order valence-electron chi connectivity index (χ2n) is 5.65. The van der Waals surface area contributed by atoms with Gasteiger partial charge in [-0.1, -0.05) is 6.07 Å². The van der Waals surface area contributed by atoms with E-state index in [1.54, 1.807) is 17.1 Å². The lowest BCUT2D eigenvalue weighted by molar-refractivity contribution is 0.111. The summed E-state index contributed by atoms with van der Waals surface area (Å²) in [6.45, 7) is 1.80. The second kappa shape index (κ2) is 7.23.